The molecule has 2 aromatic rings. The zero-order valence-electron chi connectivity index (χ0n) is 10.4. The number of carbonyl (C=O) groups excluding carboxylic acids is 1. The lowest BCUT2D eigenvalue weighted by molar-refractivity contribution is 0.0891. The topological polar surface area (TPSA) is 30.0 Å². The zero-order chi connectivity index (χ0) is 12.4. The van der Waals surface area contributed by atoms with Gasteiger partial charge in [-0.1, -0.05) is 37.5 Å². The van der Waals surface area contributed by atoms with E-state index in [1.54, 1.807) is 6.20 Å². The van der Waals surface area contributed by atoms with Crippen LogP contribution < -0.4 is 0 Å². The van der Waals surface area contributed by atoms with Crippen LogP contribution in [-0.2, 0) is 0 Å². The third-order valence-electron chi connectivity index (χ3n) is 3.92. The smallest absolute Gasteiger partial charge is 0.166 e. The summed E-state index contributed by atoms with van der Waals surface area (Å²) in [6, 6.07) is 7.88. The Kier molecular flexibility index (Phi) is 3.09. The molecule has 18 heavy (non-hydrogen) atoms. The van der Waals surface area contributed by atoms with E-state index in [1.807, 2.05) is 30.5 Å². The molecule has 0 unspecified atom stereocenters. The number of pyridine rings is 1. The number of benzene rings is 1. The summed E-state index contributed by atoms with van der Waals surface area (Å²) in [4.78, 5) is 16.7. The van der Waals surface area contributed by atoms with E-state index in [-0.39, 0.29) is 5.92 Å². The Hall–Kier alpha value is -1.70. The van der Waals surface area contributed by atoms with Crippen LogP contribution in [0.5, 0.6) is 0 Å². The van der Waals surface area contributed by atoms with Crippen LogP contribution in [0.15, 0.2) is 36.7 Å². The van der Waals surface area contributed by atoms with Crippen LogP contribution in [0.2, 0.25) is 0 Å². The Morgan fingerprint density at radius 1 is 1.11 bits per heavy atom. The highest BCUT2D eigenvalue weighted by atomic mass is 16.1. The lowest BCUT2D eigenvalue weighted by Gasteiger charge is -2.20. The Bertz CT molecular complexity index is 565. The number of carbonyl (C=O) groups is 1. The fraction of sp³-hybridized carbons (Fsp3) is 0.375. The van der Waals surface area contributed by atoms with Gasteiger partial charge in [0.1, 0.15) is 0 Å². The van der Waals surface area contributed by atoms with Crippen molar-refractivity contribution in [3.63, 3.8) is 0 Å². The van der Waals surface area contributed by atoms with Gasteiger partial charge in [0.2, 0.25) is 0 Å². The van der Waals surface area contributed by atoms with E-state index in [1.165, 1.54) is 19.3 Å². The molecule has 0 radical (unpaired) electrons. The number of rotatable bonds is 2. The second-order valence-electron chi connectivity index (χ2n) is 5.10. The molecule has 1 aliphatic rings. The summed E-state index contributed by atoms with van der Waals surface area (Å²) in [5.74, 6) is 0.559. The predicted octanol–water partition coefficient (Wildman–Crippen LogP) is 4.00. The second kappa shape index (κ2) is 4.89. The van der Waals surface area contributed by atoms with Crippen molar-refractivity contribution in [2.75, 3.05) is 0 Å². The molecule has 1 aromatic carbocycles. The quantitative estimate of drug-likeness (QED) is 0.741. The summed E-state index contributed by atoms with van der Waals surface area (Å²) in [6.07, 6.45) is 9.38. The first-order valence-corrected chi connectivity index (χ1v) is 6.73. The van der Waals surface area contributed by atoms with E-state index in [9.17, 15) is 4.79 Å². The molecule has 1 aromatic heterocycles. The van der Waals surface area contributed by atoms with Crippen LogP contribution in [0.4, 0.5) is 0 Å². The zero-order valence-corrected chi connectivity index (χ0v) is 10.4. The first-order valence-electron chi connectivity index (χ1n) is 6.73. The van der Waals surface area contributed by atoms with Crippen LogP contribution in [0, 0.1) is 5.92 Å². The molecule has 0 atom stereocenters. The number of fused-ring (bicyclic) bond motifs is 1. The monoisotopic (exact) mass is 239 g/mol. The first-order chi connectivity index (χ1) is 8.86. The van der Waals surface area contributed by atoms with E-state index in [0.717, 1.165) is 29.2 Å². The SMILES string of the molecule is O=C(c1cccc2cnccc12)C1CCCCC1. The third kappa shape index (κ3) is 2.03. The molecule has 0 saturated heterocycles. The molecule has 0 amide bonds. The van der Waals surface area contributed by atoms with Crippen molar-refractivity contribution >= 4 is 16.6 Å². The maximum absolute atomic E-state index is 12.6. The van der Waals surface area contributed by atoms with Crippen molar-refractivity contribution in [1.82, 2.24) is 4.98 Å². The predicted molar refractivity (Wildman–Crippen MR) is 72.6 cm³/mol. The van der Waals surface area contributed by atoms with Gasteiger partial charge in [-0.05, 0) is 24.3 Å². The number of aromatic nitrogens is 1. The first kappa shape index (κ1) is 11.4. The van der Waals surface area contributed by atoms with Crippen LogP contribution in [0.25, 0.3) is 10.8 Å². The fourth-order valence-electron chi connectivity index (χ4n) is 2.92. The lowest BCUT2D eigenvalue weighted by Crippen LogP contribution is -2.18. The minimum Gasteiger partial charge on any atom is -0.294 e. The molecule has 1 aliphatic carbocycles. The van der Waals surface area contributed by atoms with Gasteiger partial charge < -0.3 is 0 Å². The van der Waals surface area contributed by atoms with Gasteiger partial charge in [-0.3, -0.25) is 9.78 Å². The van der Waals surface area contributed by atoms with E-state index in [2.05, 4.69) is 4.98 Å². The van der Waals surface area contributed by atoms with Crippen LogP contribution in [0.1, 0.15) is 42.5 Å². The molecule has 0 N–H and O–H groups in total. The second-order valence-corrected chi connectivity index (χ2v) is 5.10. The average Bonchev–Trinajstić information content (AvgIpc) is 2.47. The lowest BCUT2D eigenvalue weighted by atomic mass is 9.83. The third-order valence-corrected chi connectivity index (χ3v) is 3.92. The maximum atomic E-state index is 12.6. The number of ketones is 1. The fourth-order valence-corrected chi connectivity index (χ4v) is 2.92. The molecule has 0 bridgehead atoms. The molecular weight excluding hydrogens is 222 g/mol. The highest BCUT2D eigenvalue weighted by Gasteiger charge is 2.23. The molecular formula is C16H17NO. The molecule has 1 heterocycles. The van der Waals surface area contributed by atoms with Gasteiger partial charge in [0.05, 0.1) is 0 Å². The van der Waals surface area contributed by atoms with Crippen LogP contribution in [0.3, 0.4) is 0 Å². The van der Waals surface area contributed by atoms with E-state index < -0.39 is 0 Å². The number of hydrogen-bond donors (Lipinski definition) is 0. The average molecular weight is 239 g/mol. The van der Waals surface area contributed by atoms with Gasteiger partial charge in [-0.2, -0.15) is 0 Å². The molecule has 92 valence electrons. The number of Topliss-reactive ketones (excluding diaryl/α,β-unsaturated/α-hetero) is 1. The van der Waals surface area contributed by atoms with Gasteiger partial charge >= 0.3 is 0 Å². The molecule has 2 nitrogen and oxygen atoms in total. The van der Waals surface area contributed by atoms with Crippen LogP contribution in [-0.4, -0.2) is 10.8 Å². The highest BCUT2D eigenvalue weighted by Crippen LogP contribution is 2.29. The summed E-state index contributed by atoms with van der Waals surface area (Å²) in [5.41, 5.74) is 0.877. The van der Waals surface area contributed by atoms with Crippen molar-refractivity contribution in [2.24, 2.45) is 5.92 Å². The van der Waals surface area contributed by atoms with Gasteiger partial charge in [0.25, 0.3) is 0 Å². The van der Waals surface area contributed by atoms with Gasteiger partial charge in [-0.25, -0.2) is 0 Å². The van der Waals surface area contributed by atoms with Gasteiger partial charge in [0, 0.05) is 29.3 Å². The molecule has 0 spiro atoms. The largest absolute Gasteiger partial charge is 0.294 e. The summed E-state index contributed by atoms with van der Waals surface area (Å²) in [7, 11) is 0. The summed E-state index contributed by atoms with van der Waals surface area (Å²) in [5, 5.41) is 2.10. The summed E-state index contributed by atoms with van der Waals surface area (Å²) < 4.78 is 0. The van der Waals surface area contributed by atoms with Crippen molar-refractivity contribution in [1.29, 1.82) is 0 Å². The normalized spacial score (nSPS) is 16.9. The molecule has 1 fully saturated rings. The minimum atomic E-state index is 0.234. The standard InChI is InChI=1S/C16H17NO/c18-16(12-5-2-1-3-6-12)15-8-4-7-13-11-17-10-9-14(13)15/h4,7-12H,1-3,5-6H2. The van der Waals surface area contributed by atoms with Crippen molar-refractivity contribution in [2.45, 2.75) is 32.1 Å². The highest BCUT2D eigenvalue weighted by molar-refractivity contribution is 6.08. The number of nitrogens with zero attached hydrogens (tertiary/aromatic N) is 1. The van der Waals surface area contributed by atoms with E-state index >= 15 is 0 Å². The Morgan fingerprint density at radius 2 is 1.94 bits per heavy atom. The number of hydrogen-bond acceptors (Lipinski definition) is 2. The summed E-state index contributed by atoms with van der Waals surface area (Å²) >= 11 is 0. The van der Waals surface area contributed by atoms with Gasteiger partial charge in [0.15, 0.2) is 5.78 Å². The van der Waals surface area contributed by atoms with Gasteiger partial charge in [-0.15, -0.1) is 0 Å². The van der Waals surface area contributed by atoms with Crippen LogP contribution >= 0.6 is 0 Å². The maximum Gasteiger partial charge on any atom is 0.166 e. The Morgan fingerprint density at radius 3 is 2.78 bits per heavy atom. The molecule has 1 saturated carbocycles. The summed E-state index contributed by atoms with van der Waals surface area (Å²) in [6.45, 7) is 0. The van der Waals surface area contributed by atoms with E-state index in [4.69, 9.17) is 0 Å². The Labute approximate surface area is 107 Å². The van der Waals surface area contributed by atoms with Crippen molar-refractivity contribution < 1.29 is 4.79 Å². The molecule has 0 aliphatic heterocycles. The Balaban J connectivity index is 2.00. The molecule has 2 heteroatoms. The van der Waals surface area contributed by atoms with Crippen molar-refractivity contribution in [3.8, 4) is 0 Å². The minimum absolute atomic E-state index is 0.234. The molecule has 3 rings (SSSR count). The van der Waals surface area contributed by atoms with E-state index in [0.29, 0.717) is 5.78 Å². The van der Waals surface area contributed by atoms with Crippen molar-refractivity contribution in [3.05, 3.63) is 42.2 Å².